The fourth-order valence-electron chi connectivity index (χ4n) is 3.36. The number of hydrogen-bond acceptors (Lipinski definition) is 6. The number of fused-ring (bicyclic) bond motifs is 1. The monoisotopic (exact) mass is 342 g/mol. The lowest BCUT2D eigenvalue weighted by molar-refractivity contribution is 0.0740. The van der Waals surface area contributed by atoms with Gasteiger partial charge in [0.25, 0.3) is 11.5 Å². The Morgan fingerprint density at radius 3 is 2.56 bits per heavy atom. The molecule has 2 aliphatic rings. The van der Waals surface area contributed by atoms with E-state index >= 15 is 0 Å². The molecule has 2 aromatic rings. The van der Waals surface area contributed by atoms with Gasteiger partial charge in [0.1, 0.15) is 5.69 Å². The van der Waals surface area contributed by atoms with Crippen LogP contribution in [0.1, 0.15) is 28.2 Å². The average molecular weight is 342 g/mol. The number of aryl methyl sites for hydroxylation is 2. The number of carbonyl (C=O) groups is 1. The van der Waals surface area contributed by atoms with Crippen LogP contribution in [0.3, 0.4) is 0 Å². The van der Waals surface area contributed by atoms with Crippen molar-refractivity contribution >= 4 is 11.7 Å². The molecule has 130 valence electrons. The third-order valence-corrected chi connectivity index (χ3v) is 4.69. The molecule has 25 heavy (non-hydrogen) atoms. The highest BCUT2D eigenvalue weighted by Gasteiger charge is 2.25. The Balaban J connectivity index is 1.45. The van der Waals surface area contributed by atoms with Crippen LogP contribution in [0.2, 0.25) is 0 Å². The van der Waals surface area contributed by atoms with Gasteiger partial charge in [-0.25, -0.2) is 4.79 Å². The maximum atomic E-state index is 12.5. The van der Waals surface area contributed by atoms with Crippen molar-refractivity contribution in [3.05, 3.63) is 49.9 Å². The van der Waals surface area contributed by atoms with Crippen molar-refractivity contribution in [2.45, 2.75) is 19.3 Å². The first kappa shape index (κ1) is 15.6. The second-order valence-corrected chi connectivity index (χ2v) is 6.31. The largest absolute Gasteiger partial charge is 0.352 e. The van der Waals surface area contributed by atoms with E-state index in [0.717, 1.165) is 36.8 Å². The molecule has 0 aromatic carbocycles. The lowest BCUT2D eigenvalue weighted by atomic mass is 10.2. The van der Waals surface area contributed by atoms with Crippen LogP contribution in [0.15, 0.2) is 21.7 Å². The van der Waals surface area contributed by atoms with Gasteiger partial charge < -0.3 is 14.8 Å². The van der Waals surface area contributed by atoms with E-state index in [9.17, 15) is 14.4 Å². The molecule has 1 aliphatic heterocycles. The van der Waals surface area contributed by atoms with Gasteiger partial charge in [-0.1, -0.05) is 0 Å². The fourth-order valence-corrected chi connectivity index (χ4v) is 3.36. The summed E-state index contributed by atoms with van der Waals surface area (Å²) in [5, 5.41) is 8.61. The summed E-state index contributed by atoms with van der Waals surface area (Å²) in [5.74, 6) is 0.500. The molecule has 4 rings (SSSR count). The summed E-state index contributed by atoms with van der Waals surface area (Å²) < 4.78 is 0. The van der Waals surface area contributed by atoms with Crippen molar-refractivity contribution in [1.82, 2.24) is 25.1 Å². The van der Waals surface area contributed by atoms with Crippen LogP contribution in [-0.4, -0.2) is 57.2 Å². The maximum Gasteiger partial charge on any atom is 0.326 e. The highest BCUT2D eigenvalue weighted by molar-refractivity contribution is 5.92. The predicted octanol–water partition coefficient (Wildman–Crippen LogP) is -0.696. The van der Waals surface area contributed by atoms with Crippen molar-refractivity contribution in [3.63, 3.8) is 0 Å². The molecule has 0 atom stereocenters. The van der Waals surface area contributed by atoms with E-state index in [4.69, 9.17) is 0 Å². The third-order valence-electron chi connectivity index (χ3n) is 4.69. The quantitative estimate of drug-likeness (QED) is 0.746. The number of nitrogens with zero attached hydrogens (tertiary/aromatic N) is 4. The summed E-state index contributed by atoms with van der Waals surface area (Å²) in [4.78, 5) is 43.3. The normalized spacial score (nSPS) is 16.8. The van der Waals surface area contributed by atoms with Crippen LogP contribution in [-0.2, 0) is 12.8 Å². The van der Waals surface area contributed by atoms with Gasteiger partial charge in [-0.05, 0) is 30.9 Å². The van der Waals surface area contributed by atoms with E-state index in [2.05, 4.69) is 31.1 Å². The van der Waals surface area contributed by atoms with Gasteiger partial charge >= 0.3 is 5.69 Å². The molecule has 0 spiro atoms. The molecule has 1 fully saturated rings. The van der Waals surface area contributed by atoms with Crippen LogP contribution >= 0.6 is 0 Å². The summed E-state index contributed by atoms with van der Waals surface area (Å²) in [6.45, 7) is 2.25. The van der Waals surface area contributed by atoms with Gasteiger partial charge in [-0.3, -0.25) is 14.6 Å². The van der Waals surface area contributed by atoms with Gasteiger partial charge in [0, 0.05) is 32.2 Å². The number of nitrogens with one attached hydrogen (secondary N) is 2. The zero-order chi connectivity index (χ0) is 17.4. The Bertz CT molecular complexity index is 898. The van der Waals surface area contributed by atoms with E-state index in [-0.39, 0.29) is 11.6 Å². The Morgan fingerprint density at radius 1 is 1.00 bits per heavy atom. The first-order valence-electron chi connectivity index (χ1n) is 8.33. The summed E-state index contributed by atoms with van der Waals surface area (Å²) in [5.41, 5.74) is 1.11. The molecule has 2 aromatic heterocycles. The molecule has 1 aliphatic carbocycles. The molecular formula is C16H18N6O3. The summed E-state index contributed by atoms with van der Waals surface area (Å²) in [6.07, 6.45) is 3.18. The smallest absolute Gasteiger partial charge is 0.326 e. The number of H-pyrrole nitrogens is 2. The number of hydrogen-bond donors (Lipinski definition) is 2. The minimum atomic E-state index is -0.678. The number of amides is 1. The molecule has 0 radical (unpaired) electrons. The first-order chi connectivity index (χ1) is 12.1. The van der Waals surface area contributed by atoms with Crippen molar-refractivity contribution < 1.29 is 4.79 Å². The summed E-state index contributed by atoms with van der Waals surface area (Å²) in [7, 11) is 0. The van der Waals surface area contributed by atoms with Crippen LogP contribution in [0.5, 0.6) is 0 Å². The number of rotatable bonds is 2. The van der Waals surface area contributed by atoms with Gasteiger partial charge in [-0.15, -0.1) is 5.10 Å². The standard InChI is InChI=1S/C16H18N6O3/c23-14-9-12(17-16(25)18-14)15(24)22-6-4-21(5-7-22)13-8-10-2-1-3-11(10)19-20-13/h8-9H,1-7H2,(H2,17,18,23,25). The molecule has 9 nitrogen and oxygen atoms in total. The van der Waals surface area contributed by atoms with Gasteiger partial charge in [0.15, 0.2) is 5.82 Å². The van der Waals surface area contributed by atoms with E-state index in [1.807, 2.05) is 0 Å². The molecule has 2 N–H and O–H groups in total. The lowest BCUT2D eigenvalue weighted by Crippen LogP contribution is -2.49. The SMILES string of the molecule is O=C(c1cc(=O)[nH]c(=O)[nH]1)N1CCN(c2cc3c(nn2)CCC3)CC1. The topological polar surface area (TPSA) is 115 Å². The van der Waals surface area contributed by atoms with Crippen molar-refractivity contribution in [1.29, 1.82) is 0 Å². The molecular weight excluding hydrogens is 324 g/mol. The second kappa shape index (κ2) is 6.15. The van der Waals surface area contributed by atoms with Gasteiger partial charge in [-0.2, -0.15) is 5.10 Å². The van der Waals surface area contributed by atoms with Gasteiger partial charge in [0.2, 0.25) is 0 Å². The van der Waals surface area contributed by atoms with Crippen molar-refractivity contribution in [2.75, 3.05) is 31.1 Å². The minimum absolute atomic E-state index is 0.0134. The van der Waals surface area contributed by atoms with E-state index in [1.54, 1.807) is 4.90 Å². The number of carbonyl (C=O) groups excluding carboxylic acids is 1. The van der Waals surface area contributed by atoms with Gasteiger partial charge in [0.05, 0.1) is 5.69 Å². The zero-order valence-corrected chi connectivity index (χ0v) is 13.6. The van der Waals surface area contributed by atoms with Crippen LogP contribution in [0, 0.1) is 0 Å². The zero-order valence-electron chi connectivity index (χ0n) is 13.6. The maximum absolute atomic E-state index is 12.5. The molecule has 1 saturated heterocycles. The van der Waals surface area contributed by atoms with Crippen molar-refractivity contribution in [2.24, 2.45) is 0 Å². The van der Waals surface area contributed by atoms with Crippen LogP contribution in [0.25, 0.3) is 0 Å². The number of anilines is 1. The Kier molecular flexibility index (Phi) is 3.83. The van der Waals surface area contributed by atoms with Crippen LogP contribution in [0.4, 0.5) is 5.82 Å². The first-order valence-corrected chi connectivity index (χ1v) is 8.33. The molecule has 1 amide bonds. The predicted molar refractivity (Wildman–Crippen MR) is 89.9 cm³/mol. The second-order valence-electron chi connectivity index (χ2n) is 6.31. The van der Waals surface area contributed by atoms with Crippen molar-refractivity contribution in [3.8, 4) is 0 Å². The molecule has 9 heteroatoms. The van der Waals surface area contributed by atoms with E-state index < -0.39 is 11.2 Å². The number of piperazine rings is 1. The Morgan fingerprint density at radius 2 is 1.80 bits per heavy atom. The summed E-state index contributed by atoms with van der Waals surface area (Å²) in [6, 6.07) is 3.21. The lowest BCUT2D eigenvalue weighted by Gasteiger charge is -2.35. The number of aromatic nitrogens is 4. The minimum Gasteiger partial charge on any atom is -0.352 e. The van der Waals surface area contributed by atoms with E-state index in [1.165, 1.54) is 5.56 Å². The third kappa shape index (κ3) is 3.04. The summed E-state index contributed by atoms with van der Waals surface area (Å²) >= 11 is 0. The Labute approximate surface area is 142 Å². The highest BCUT2D eigenvalue weighted by Crippen LogP contribution is 2.23. The highest BCUT2D eigenvalue weighted by atomic mass is 16.2. The molecule has 0 saturated carbocycles. The number of aromatic amines is 2. The Hall–Kier alpha value is -2.97. The van der Waals surface area contributed by atoms with E-state index in [0.29, 0.717) is 26.2 Å². The average Bonchev–Trinajstić information content (AvgIpc) is 3.08. The van der Waals surface area contributed by atoms with Crippen LogP contribution < -0.4 is 16.1 Å². The molecule has 3 heterocycles. The molecule has 0 unspecified atom stereocenters. The fraction of sp³-hybridized carbons (Fsp3) is 0.438. The molecule has 0 bridgehead atoms.